The van der Waals surface area contributed by atoms with Crippen molar-refractivity contribution in [3.05, 3.63) is 24.5 Å². The summed E-state index contributed by atoms with van der Waals surface area (Å²) in [5.74, 6) is 1.63. The van der Waals surface area contributed by atoms with Gasteiger partial charge in [0.05, 0.1) is 0 Å². The molecular weight excluding hydrogens is 262 g/mol. The molecule has 1 saturated heterocycles. The van der Waals surface area contributed by atoms with E-state index >= 15 is 0 Å². The molecule has 2 aromatic heterocycles. The van der Waals surface area contributed by atoms with E-state index in [-0.39, 0.29) is 0 Å². The molecule has 0 amide bonds. The van der Waals surface area contributed by atoms with Gasteiger partial charge in [0, 0.05) is 38.1 Å². The molecule has 1 aliphatic heterocycles. The van der Waals surface area contributed by atoms with Crippen LogP contribution < -0.4 is 10.2 Å². The first-order valence-electron chi connectivity index (χ1n) is 7.80. The second kappa shape index (κ2) is 7.31. The van der Waals surface area contributed by atoms with E-state index in [0.717, 1.165) is 36.6 Å². The lowest BCUT2D eigenvalue weighted by Gasteiger charge is -2.36. The Morgan fingerprint density at radius 3 is 2.71 bits per heavy atom. The second-order valence-electron chi connectivity index (χ2n) is 5.32. The van der Waals surface area contributed by atoms with Crippen molar-refractivity contribution in [2.24, 2.45) is 5.92 Å². The summed E-state index contributed by atoms with van der Waals surface area (Å²) in [7, 11) is 0. The minimum atomic E-state index is 0.521. The van der Waals surface area contributed by atoms with E-state index in [4.69, 9.17) is 0 Å². The maximum Gasteiger partial charge on any atom is 0.180 e. The smallest absolute Gasteiger partial charge is 0.180 e. The van der Waals surface area contributed by atoms with Crippen molar-refractivity contribution >= 4 is 17.0 Å². The molecule has 1 unspecified atom stereocenters. The summed E-state index contributed by atoms with van der Waals surface area (Å²) in [5, 5.41) is 3.56. The quantitative estimate of drug-likeness (QED) is 0.919. The SMILES string of the molecule is CC.CC(C)C1CN(c2ccc3nccnc3n2)CCN1. The van der Waals surface area contributed by atoms with Gasteiger partial charge in [-0.3, -0.25) is 4.98 Å². The predicted octanol–water partition coefficient (Wildman–Crippen LogP) is 2.49. The van der Waals surface area contributed by atoms with Gasteiger partial charge >= 0.3 is 0 Å². The first-order chi connectivity index (χ1) is 10.2. The van der Waals surface area contributed by atoms with Crippen molar-refractivity contribution in [1.82, 2.24) is 20.3 Å². The molecule has 0 saturated carbocycles. The van der Waals surface area contributed by atoms with E-state index in [1.54, 1.807) is 12.4 Å². The fourth-order valence-corrected chi connectivity index (χ4v) is 2.45. The van der Waals surface area contributed by atoms with Crippen LogP contribution in [-0.2, 0) is 0 Å². The Bertz CT molecular complexity index is 569. The Morgan fingerprint density at radius 2 is 1.95 bits per heavy atom. The summed E-state index contributed by atoms with van der Waals surface area (Å²) >= 11 is 0. The van der Waals surface area contributed by atoms with E-state index in [9.17, 15) is 0 Å². The zero-order chi connectivity index (χ0) is 15.2. The monoisotopic (exact) mass is 287 g/mol. The van der Waals surface area contributed by atoms with Crippen LogP contribution in [0.2, 0.25) is 0 Å². The van der Waals surface area contributed by atoms with Gasteiger partial charge in [-0.15, -0.1) is 0 Å². The van der Waals surface area contributed by atoms with Crippen LogP contribution in [0.3, 0.4) is 0 Å². The van der Waals surface area contributed by atoms with Gasteiger partial charge in [0.25, 0.3) is 0 Å². The van der Waals surface area contributed by atoms with E-state index in [0.29, 0.717) is 12.0 Å². The molecule has 1 fully saturated rings. The molecule has 0 radical (unpaired) electrons. The molecule has 1 N–H and O–H groups in total. The van der Waals surface area contributed by atoms with Gasteiger partial charge in [-0.1, -0.05) is 27.7 Å². The Kier molecular flexibility index (Phi) is 5.44. The maximum atomic E-state index is 4.62. The molecule has 0 bridgehead atoms. The lowest BCUT2D eigenvalue weighted by Crippen LogP contribution is -2.53. The van der Waals surface area contributed by atoms with Gasteiger partial charge in [-0.05, 0) is 18.1 Å². The minimum absolute atomic E-state index is 0.521. The standard InChI is InChI=1S/C14H19N5.C2H6/c1-10(2)12-9-19(8-7-16-12)13-4-3-11-14(18-13)17-6-5-15-11;1-2/h3-6,10,12,16H,7-9H2,1-2H3;1-2H3. The van der Waals surface area contributed by atoms with E-state index in [2.05, 4.69) is 39.0 Å². The van der Waals surface area contributed by atoms with Gasteiger partial charge in [0.2, 0.25) is 0 Å². The average molecular weight is 287 g/mol. The predicted molar refractivity (Wildman–Crippen MR) is 87.5 cm³/mol. The second-order valence-corrected chi connectivity index (χ2v) is 5.32. The van der Waals surface area contributed by atoms with Gasteiger partial charge in [-0.25, -0.2) is 9.97 Å². The maximum absolute atomic E-state index is 4.62. The zero-order valence-electron chi connectivity index (χ0n) is 13.4. The first-order valence-corrected chi connectivity index (χ1v) is 7.80. The number of rotatable bonds is 2. The van der Waals surface area contributed by atoms with Crippen LogP contribution in [0.1, 0.15) is 27.7 Å². The number of nitrogens with zero attached hydrogens (tertiary/aromatic N) is 4. The summed E-state index contributed by atoms with van der Waals surface area (Å²) in [6.45, 7) is 11.5. The number of pyridine rings is 1. The molecule has 5 heteroatoms. The number of fused-ring (bicyclic) bond motifs is 1. The van der Waals surface area contributed by atoms with Crippen molar-refractivity contribution in [1.29, 1.82) is 0 Å². The van der Waals surface area contributed by atoms with Crippen molar-refractivity contribution in [2.75, 3.05) is 24.5 Å². The topological polar surface area (TPSA) is 53.9 Å². The number of hydrogen-bond donors (Lipinski definition) is 1. The first kappa shape index (κ1) is 15.6. The van der Waals surface area contributed by atoms with E-state index in [1.165, 1.54) is 0 Å². The largest absolute Gasteiger partial charge is 0.354 e. The summed E-state index contributed by atoms with van der Waals surface area (Å²) < 4.78 is 0. The highest BCUT2D eigenvalue weighted by molar-refractivity contribution is 5.71. The van der Waals surface area contributed by atoms with Gasteiger partial charge < -0.3 is 10.2 Å². The molecule has 3 heterocycles. The van der Waals surface area contributed by atoms with Crippen LogP contribution in [0.25, 0.3) is 11.2 Å². The highest BCUT2D eigenvalue weighted by atomic mass is 15.2. The minimum Gasteiger partial charge on any atom is -0.354 e. The number of nitrogens with one attached hydrogen (secondary N) is 1. The van der Waals surface area contributed by atoms with Crippen LogP contribution >= 0.6 is 0 Å². The van der Waals surface area contributed by atoms with E-state index < -0.39 is 0 Å². The Balaban J connectivity index is 0.000000774. The van der Waals surface area contributed by atoms with Crippen LogP contribution in [0.15, 0.2) is 24.5 Å². The van der Waals surface area contributed by atoms with Crippen molar-refractivity contribution in [3.63, 3.8) is 0 Å². The fraction of sp³-hybridized carbons (Fsp3) is 0.562. The fourth-order valence-electron chi connectivity index (χ4n) is 2.45. The molecule has 0 spiro atoms. The molecule has 21 heavy (non-hydrogen) atoms. The number of hydrogen-bond acceptors (Lipinski definition) is 5. The highest BCUT2D eigenvalue weighted by Gasteiger charge is 2.22. The summed E-state index contributed by atoms with van der Waals surface area (Å²) in [6.07, 6.45) is 3.39. The molecular formula is C16H25N5. The number of anilines is 1. The van der Waals surface area contributed by atoms with Gasteiger partial charge in [-0.2, -0.15) is 0 Å². The van der Waals surface area contributed by atoms with Crippen molar-refractivity contribution in [2.45, 2.75) is 33.7 Å². The molecule has 114 valence electrons. The average Bonchev–Trinajstić information content (AvgIpc) is 2.56. The third-order valence-corrected chi connectivity index (χ3v) is 3.65. The number of aromatic nitrogens is 3. The van der Waals surface area contributed by atoms with Crippen LogP contribution in [-0.4, -0.2) is 40.6 Å². The summed E-state index contributed by atoms with van der Waals surface area (Å²) in [5.41, 5.74) is 1.57. The summed E-state index contributed by atoms with van der Waals surface area (Å²) in [6, 6.07) is 4.56. The van der Waals surface area contributed by atoms with E-state index in [1.807, 2.05) is 26.0 Å². The molecule has 3 rings (SSSR count). The van der Waals surface area contributed by atoms with Crippen LogP contribution in [0.4, 0.5) is 5.82 Å². The third-order valence-electron chi connectivity index (χ3n) is 3.65. The molecule has 1 atom stereocenters. The molecule has 5 nitrogen and oxygen atoms in total. The highest BCUT2D eigenvalue weighted by Crippen LogP contribution is 2.18. The lowest BCUT2D eigenvalue weighted by atomic mass is 10.0. The van der Waals surface area contributed by atoms with Crippen LogP contribution in [0, 0.1) is 5.92 Å². The normalized spacial score (nSPS) is 18.5. The molecule has 0 aliphatic carbocycles. The Morgan fingerprint density at radius 1 is 1.19 bits per heavy atom. The zero-order valence-corrected chi connectivity index (χ0v) is 13.4. The number of piperazine rings is 1. The van der Waals surface area contributed by atoms with Crippen molar-refractivity contribution < 1.29 is 0 Å². The Labute approximate surface area is 126 Å². The molecule has 2 aromatic rings. The lowest BCUT2D eigenvalue weighted by molar-refractivity contribution is 0.367. The third kappa shape index (κ3) is 3.67. The van der Waals surface area contributed by atoms with Gasteiger partial charge in [0.15, 0.2) is 5.65 Å². The molecule has 0 aromatic carbocycles. The van der Waals surface area contributed by atoms with Crippen LogP contribution in [0.5, 0.6) is 0 Å². The van der Waals surface area contributed by atoms with Crippen molar-refractivity contribution in [3.8, 4) is 0 Å². The van der Waals surface area contributed by atoms with Gasteiger partial charge in [0.1, 0.15) is 11.3 Å². The summed E-state index contributed by atoms with van der Waals surface area (Å²) in [4.78, 5) is 15.5. The molecule has 1 aliphatic rings. The Hall–Kier alpha value is -1.75.